The van der Waals surface area contributed by atoms with Crippen molar-refractivity contribution >= 4 is 40.8 Å². The average Bonchev–Trinajstić information content (AvgIpc) is 2.74. The molecular weight excluding hydrogens is 418 g/mol. The van der Waals surface area contributed by atoms with E-state index in [-0.39, 0.29) is 23.2 Å². The minimum Gasteiger partial charge on any atom is -0.484 e. The molecule has 0 aromatic heterocycles. The van der Waals surface area contributed by atoms with Gasteiger partial charge in [0.05, 0.1) is 10.6 Å². The minimum absolute atomic E-state index is 0.0541. The Hall–Kier alpha value is -3.71. The molecule has 7 nitrogen and oxygen atoms in total. The van der Waals surface area contributed by atoms with E-state index in [0.29, 0.717) is 17.0 Å². The normalized spacial score (nSPS) is 10.8. The summed E-state index contributed by atoms with van der Waals surface area (Å²) in [5.41, 5.74) is 3.87. The summed E-state index contributed by atoms with van der Waals surface area (Å²) in [6, 6.07) is 17.0. The van der Waals surface area contributed by atoms with Gasteiger partial charge in [0, 0.05) is 18.0 Å². The zero-order chi connectivity index (χ0) is 22.4. The Bertz CT molecular complexity index is 1160. The van der Waals surface area contributed by atoms with Gasteiger partial charge in [0.2, 0.25) is 0 Å². The quantitative estimate of drug-likeness (QED) is 0.294. The highest BCUT2D eigenvalue weighted by Crippen LogP contribution is 2.28. The molecule has 0 radical (unpaired) electrons. The van der Waals surface area contributed by atoms with E-state index < -0.39 is 4.92 Å². The fraction of sp³-hybridized carbons (Fsp3) is 0.130. The maximum absolute atomic E-state index is 12.2. The van der Waals surface area contributed by atoms with Gasteiger partial charge in [-0.05, 0) is 66.9 Å². The maximum Gasteiger partial charge on any atom is 0.290 e. The number of nitrogens with one attached hydrogen (secondary N) is 1. The molecule has 0 bridgehead atoms. The van der Waals surface area contributed by atoms with E-state index in [1.165, 1.54) is 12.1 Å². The number of aryl methyl sites for hydroxylation is 2. The van der Waals surface area contributed by atoms with Crippen molar-refractivity contribution in [2.24, 2.45) is 4.99 Å². The number of benzene rings is 3. The highest BCUT2D eigenvalue weighted by Gasteiger charge is 2.12. The molecule has 0 heterocycles. The van der Waals surface area contributed by atoms with Crippen LogP contribution in [0.25, 0.3) is 0 Å². The molecule has 31 heavy (non-hydrogen) atoms. The van der Waals surface area contributed by atoms with Crippen molar-refractivity contribution in [3.63, 3.8) is 0 Å². The average molecular weight is 438 g/mol. The molecule has 0 atom stereocenters. The number of nitro benzene ring substituents is 1. The lowest BCUT2D eigenvalue weighted by Crippen LogP contribution is -2.20. The molecule has 0 aliphatic carbocycles. The Labute approximate surface area is 184 Å². The molecule has 1 N–H and O–H groups in total. The van der Waals surface area contributed by atoms with Crippen LogP contribution in [0.15, 0.2) is 65.7 Å². The second-order valence-corrected chi connectivity index (χ2v) is 7.27. The van der Waals surface area contributed by atoms with Crippen molar-refractivity contribution in [3.05, 3.63) is 92.5 Å². The summed E-state index contributed by atoms with van der Waals surface area (Å²) < 4.78 is 5.57. The van der Waals surface area contributed by atoms with Crippen molar-refractivity contribution in [1.82, 2.24) is 0 Å². The first-order valence-corrected chi connectivity index (χ1v) is 9.77. The Morgan fingerprint density at radius 1 is 1.13 bits per heavy atom. The van der Waals surface area contributed by atoms with Crippen LogP contribution in [0.4, 0.5) is 17.1 Å². The van der Waals surface area contributed by atoms with E-state index in [1.54, 1.807) is 36.5 Å². The lowest BCUT2D eigenvalue weighted by atomic mass is 10.1. The van der Waals surface area contributed by atoms with E-state index in [0.717, 1.165) is 16.8 Å². The maximum atomic E-state index is 12.2. The van der Waals surface area contributed by atoms with Crippen molar-refractivity contribution in [1.29, 1.82) is 0 Å². The number of carbonyl (C=O) groups is 1. The predicted octanol–water partition coefficient (Wildman–Crippen LogP) is 5.63. The summed E-state index contributed by atoms with van der Waals surface area (Å²) in [6.07, 6.45) is 1.55. The number of hydrogen-bond acceptors (Lipinski definition) is 5. The monoisotopic (exact) mass is 437 g/mol. The largest absolute Gasteiger partial charge is 0.484 e. The first kappa shape index (κ1) is 22.0. The van der Waals surface area contributed by atoms with Crippen LogP contribution >= 0.6 is 11.6 Å². The van der Waals surface area contributed by atoms with Crippen LogP contribution in [0.2, 0.25) is 5.02 Å². The van der Waals surface area contributed by atoms with Crippen LogP contribution in [0.5, 0.6) is 5.75 Å². The third-order valence-corrected chi connectivity index (χ3v) is 4.83. The molecule has 0 fully saturated rings. The molecule has 3 aromatic rings. The molecule has 158 valence electrons. The lowest BCUT2D eigenvalue weighted by molar-refractivity contribution is -0.384. The predicted molar refractivity (Wildman–Crippen MR) is 122 cm³/mol. The molecule has 1 amide bonds. The first-order valence-electron chi connectivity index (χ1n) is 9.40. The Kier molecular flexibility index (Phi) is 6.99. The zero-order valence-electron chi connectivity index (χ0n) is 17.0. The highest BCUT2D eigenvalue weighted by atomic mass is 35.5. The van der Waals surface area contributed by atoms with E-state index in [9.17, 15) is 14.9 Å². The number of anilines is 1. The summed E-state index contributed by atoms with van der Waals surface area (Å²) in [5.74, 6) is 0.233. The van der Waals surface area contributed by atoms with Crippen LogP contribution in [-0.2, 0) is 4.79 Å². The van der Waals surface area contributed by atoms with Gasteiger partial charge >= 0.3 is 0 Å². The Morgan fingerprint density at radius 3 is 2.68 bits per heavy atom. The molecule has 0 aliphatic heterocycles. The number of aliphatic imine (C=N–C) groups is 1. The van der Waals surface area contributed by atoms with Gasteiger partial charge in [-0.2, -0.15) is 0 Å². The summed E-state index contributed by atoms with van der Waals surface area (Å²) in [7, 11) is 0. The standard InChI is InChI=1S/C23H20ClN3O4/c1-15-6-7-19(10-16(15)2)26-23(28)14-31-20-5-3-4-17(11-20)13-25-18-8-9-21(24)22(12-18)27(29)30/h3-13H,14H2,1-2H3,(H,26,28). The van der Waals surface area contributed by atoms with Gasteiger partial charge in [-0.3, -0.25) is 19.9 Å². The van der Waals surface area contributed by atoms with Gasteiger partial charge < -0.3 is 10.1 Å². The second-order valence-electron chi connectivity index (χ2n) is 6.86. The topological polar surface area (TPSA) is 93.8 Å². The number of halogens is 1. The van der Waals surface area contributed by atoms with Crippen LogP contribution in [-0.4, -0.2) is 23.7 Å². The van der Waals surface area contributed by atoms with Crippen LogP contribution in [0, 0.1) is 24.0 Å². The summed E-state index contributed by atoms with van der Waals surface area (Å²) >= 11 is 5.81. The van der Waals surface area contributed by atoms with E-state index in [4.69, 9.17) is 16.3 Å². The van der Waals surface area contributed by atoms with Gasteiger partial charge in [0.25, 0.3) is 11.6 Å². The van der Waals surface area contributed by atoms with Crippen LogP contribution in [0.1, 0.15) is 16.7 Å². The summed E-state index contributed by atoms with van der Waals surface area (Å²) in [6.45, 7) is 3.85. The van der Waals surface area contributed by atoms with Crippen LogP contribution in [0.3, 0.4) is 0 Å². The lowest BCUT2D eigenvalue weighted by Gasteiger charge is -2.09. The number of amides is 1. The Morgan fingerprint density at radius 2 is 1.94 bits per heavy atom. The third-order valence-electron chi connectivity index (χ3n) is 4.51. The highest BCUT2D eigenvalue weighted by molar-refractivity contribution is 6.32. The molecule has 0 saturated heterocycles. The molecule has 0 unspecified atom stereocenters. The summed E-state index contributed by atoms with van der Waals surface area (Å²) in [5, 5.41) is 13.8. The number of ether oxygens (including phenoxy) is 1. The number of nitrogens with zero attached hydrogens (tertiary/aromatic N) is 2. The molecule has 3 aromatic carbocycles. The summed E-state index contributed by atoms with van der Waals surface area (Å²) in [4.78, 5) is 26.8. The molecular formula is C23H20ClN3O4. The fourth-order valence-corrected chi connectivity index (χ4v) is 2.91. The number of nitro groups is 1. The van der Waals surface area contributed by atoms with Gasteiger partial charge in [-0.25, -0.2) is 0 Å². The van der Waals surface area contributed by atoms with Crippen molar-refractivity contribution in [2.45, 2.75) is 13.8 Å². The zero-order valence-corrected chi connectivity index (χ0v) is 17.7. The fourth-order valence-electron chi connectivity index (χ4n) is 2.72. The minimum atomic E-state index is -0.557. The molecule has 8 heteroatoms. The van der Waals surface area contributed by atoms with Crippen molar-refractivity contribution in [3.8, 4) is 5.75 Å². The molecule has 0 spiro atoms. The SMILES string of the molecule is Cc1ccc(NC(=O)COc2cccc(C=Nc3ccc(Cl)c([N+](=O)[O-])c3)c2)cc1C. The number of hydrogen-bond donors (Lipinski definition) is 1. The van der Waals surface area contributed by atoms with E-state index in [1.807, 2.05) is 32.0 Å². The van der Waals surface area contributed by atoms with Crippen molar-refractivity contribution < 1.29 is 14.5 Å². The van der Waals surface area contributed by atoms with Crippen LogP contribution < -0.4 is 10.1 Å². The first-order chi connectivity index (χ1) is 14.8. The molecule has 0 aliphatic rings. The number of carbonyl (C=O) groups excluding carboxylic acids is 1. The van der Waals surface area contributed by atoms with E-state index >= 15 is 0 Å². The van der Waals surface area contributed by atoms with E-state index in [2.05, 4.69) is 10.3 Å². The number of rotatable bonds is 7. The third kappa shape index (κ3) is 6.13. The Balaban J connectivity index is 1.61. The van der Waals surface area contributed by atoms with Gasteiger partial charge in [0.15, 0.2) is 6.61 Å². The van der Waals surface area contributed by atoms with Crippen molar-refractivity contribution in [2.75, 3.05) is 11.9 Å². The molecule has 3 rings (SSSR count). The second kappa shape index (κ2) is 9.86. The van der Waals surface area contributed by atoms with Gasteiger partial charge in [-0.1, -0.05) is 29.8 Å². The smallest absolute Gasteiger partial charge is 0.290 e. The van der Waals surface area contributed by atoms with Gasteiger partial charge in [0.1, 0.15) is 10.8 Å². The van der Waals surface area contributed by atoms with Gasteiger partial charge in [-0.15, -0.1) is 0 Å². The molecule has 0 saturated carbocycles.